The van der Waals surface area contributed by atoms with E-state index in [0.717, 1.165) is 44.9 Å². The first kappa shape index (κ1) is 55.6. The van der Waals surface area contributed by atoms with Crippen molar-refractivity contribution in [1.82, 2.24) is 5.32 Å². The smallest absolute Gasteiger partial charge is 0.249 e. The van der Waals surface area contributed by atoms with Crippen LogP contribution in [0.1, 0.15) is 264 Å². The molecule has 0 radical (unpaired) electrons. The lowest BCUT2D eigenvalue weighted by molar-refractivity contribution is -0.131. The minimum absolute atomic E-state index is 0.380. The molecule has 0 aromatic rings. The average Bonchev–Trinajstić information content (AvgIpc) is 3.22. The standard InChI is InChI=1S/C52H99NO4/c1-3-5-7-9-11-13-15-17-18-19-20-21-22-23-24-25-26-27-28-29-30-31-32-33-34-35-37-39-41-43-45-47-51(56)52(57)53-49(48-54)50(55)46-44-42-40-38-36-16-14-12-10-8-6-4-2/h10,12,36,38,44,46,49-51,54-56H,3-9,11,13-35,37,39-43,45,47-48H2,1-2H3,(H,53,57)/b12-10+,38-36+,46-44+. The minimum Gasteiger partial charge on any atom is -0.394 e. The molecule has 4 N–H and O–H groups in total. The molecule has 0 rings (SSSR count). The maximum atomic E-state index is 12.5. The van der Waals surface area contributed by atoms with Crippen molar-refractivity contribution in [3.63, 3.8) is 0 Å². The number of hydrogen-bond acceptors (Lipinski definition) is 4. The molecule has 3 unspecified atom stereocenters. The normalized spacial score (nSPS) is 13.7. The minimum atomic E-state index is -1.11. The summed E-state index contributed by atoms with van der Waals surface area (Å²) in [4.78, 5) is 12.5. The second-order valence-electron chi connectivity index (χ2n) is 17.4. The number of amides is 1. The molecule has 57 heavy (non-hydrogen) atoms. The molecule has 5 heteroatoms. The number of aliphatic hydroxyl groups is 3. The van der Waals surface area contributed by atoms with Crippen LogP contribution in [0, 0.1) is 0 Å². The maximum Gasteiger partial charge on any atom is 0.249 e. The van der Waals surface area contributed by atoms with Gasteiger partial charge in [-0.1, -0.05) is 262 Å². The van der Waals surface area contributed by atoms with Gasteiger partial charge in [0.1, 0.15) is 6.10 Å². The first-order valence-corrected chi connectivity index (χ1v) is 25.3. The van der Waals surface area contributed by atoms with Crippen molar-refractivity contribution in [1.29, 1.82) is 0 Å². The third kappa shape index (κ3) is 42.5. The Morgan fingerprint density at radius 1 is 0.421 bits per heavy atom. The summed E-state index contributed by atoms with van der Waals surface area (Å²) in [5.74, 6) is -0.515. The van der Waals surface area contributed by atoms with Crippen molar-refractivity contribution in [3.05, 3.63) is 36.5 Å². The van der Waals surface area contributed by atoms with Gasteiger partial charge in [-0.2, -0.15) is 0 Å². The topological polar surface area (TPSA) is 89.8 Å². The van der Waals surface area contributed by atoms with E-state index in [-0.39, 0.29) is 6.61 Å². The summed E-state index contributed by atoms with van der Waals surface area (Å²) in [5.41, 5.74) is 0. The monoisotopic (exact) mass is 802 g/mol. The van der Waals surface area contributed by atoms with Crippen LogP contribution in [-0.2, 0) is 4.79 Å². The molecule has 0 aliphatic heterocycles. The van der Waals surface area contributed by atoms with Crippen LogP contribution in [0.5, 0.6) is 0 Å². The van der Waals surface area contributed by atoms with Crippen LogP contribution >= 0.6 is 0 Å². The van der Waals surface area contributed by atoms with Crippen molar-refractivity contribution < 1.29 is 20.1 Å². The van der Waals surface area contributed by atoms with E-state index in [0.29, 0.717) is 6.42 Å². The molecule has 0 saturated carbocycles. The van der Waals surface area contributed by atoms with Crippen LogP contribution in [0.15, 0.2) is 36.5 Å². The Morgan fingerprint density at radius 2 is 0.719 bits per heavy atom. The van der Waals surface area contributed by atoms with Gasteiger partial charge in [-0.25, -0.2) is 0 Å². The second kappa shape index (κ2) is 47.3. The van der Waals surface area contributed by atoms with E-state index < -0.39 is 24.2 Å². The molecule has 0 heterocycles. The van der Waals surface area contributed by atoms with Crippen LogP contribution in [0.3, 0.4) is 0 Å². The highest BCUT2D eigenvalue weighted by Crippen LogP contribution is 2.17. The molecular formula is C52H99NO4. The van der Waals surface area contributed by atoms with Gasteiger partial charge in [-0.3, -0.25) is 4.79 Å². The summed E-state index contributed by atoms with van der Waals surface area (Å²) in [6, 6.07) is -0.818. The molecule has 5 nitrogen and oxygen atoms in total. The van der Waals surface area contributed by atoms with E-state index in [2.05, 4.69) is 43.5 Å². The summed E-state index contributed by atoms with van der Waals surface area (Å²) in [7, 11) is 0. The summed E-state index contributed by atoms with van der Waals surface area (Å²) in [6.45, 7) is 4.13. The van der Waals surface area contributed by atoms with Crippen LogP contribution < -0.4 is 5.32 Å². The fraction of sp³-hybridized carbons (Fsp3) is 0.865. The van der Waals surface area contributed by atoms with Crippen molar-refractivity contribution >= 4 is 5.91 Å². The van der Waals surface area contributed by atoms with Gasteiger partial charge in [0.15, 0.2) is 0 Å². The maximum absolute atomic E-state index is 12.5. The first-order valence-electron chi connectivity index (χ1n) is 25.3. The zero-order chi connectivity index (χ0) is 41.5. The second-order valence-corrected chi connectivity index (χ2v) is 17.4. The van der Waals surface area contributed by atoms with E-state index >= 15 is 0 Å². The molecule has 0 bridgehead atoms. The Kier molecular flexibility index (Phi) is 46.1. The highest BCUT2D eigenvalue weighted by atomic mass is 16.3. The molecule has 1 amide bonds. The Balaban J connectivity index is 3.50. The van der Waals surface area contributed by atoms with Gasteiger partial charge in [0.2, 0.25) is 5.91 Å². The van der Waals surface area contributed by atoms with Gasteiger partial charge in [-0.05, 0) is 38.5 Å². The van der Waals surface area contributed by atoms with E-state index in [1.165, 1.54) is 199 Å². The molecule has 0 aromatic carbocycles. The highest BCUT2D eigenvalue weighted by molar-refractivity contribution is 5.80. The lowest BCUT2D eigenvalue weighted by atomic mass is 10.0. The number of hydrogen-bond donors (Lipinski definition) is 4. The van der Waals surface area contributed by atoms with Crippen molar-refractivity contribution in [2.75, 3.05) is 6.61 Å². The predicted octanol–water partition coefficient (Wildman–Crippen LogP) is 15.1. The highest BCUT2D eigenvalue weighted by Gasteiger charge is 2.22. The molecule has 3 atom stereocenters. The molecule has 0 aliphatic rings. The summed E-state index contributed by atoms with van der Waals surface area (Å²) in [6.07, 6.45) is 60.8. The summed E-state index contributed by atoms with van der Waals surface area (Å²) < 4.78 is 0. The van der Waals surface area contributed by atoms with E-state index in [1.54, 1.807) is 6.08 Å². The lowest BCUT2D eigenvalue weighted by Crippen LogP contribution is -2.48. The van der Waals surface area contributed by atoms with E-state index in [1.807, 2.05) is 6.08 Å². The van der Waals surface area contributed by atoms with Crippen molar-refractivity contribution in [3.8, 4) is 0 Å². The Hall–Kier alpha value is -1.43. The number of aliphatic hydroxyl groups excluding tert-OH is 3. The quantitative estimate of drug-likeness (QED) is 0.0365. The zero-order valence-electron chi connectivity index (χ0n) is 38.2. The van der Waals surface area contributed by atoms with Gasteiger partial charge >= 0.3 is 0 Å². The van der Waals surface area contributed by atoms with Gasteiger partial charge in [-0.15, -0.1) is 0 Å². The SMILES string of the molecule is CCCC/C=C/CC/C=C/CC/C=C/C(O)C(CO)NC(=O)C(O)CCCCCCCCCCCCCCCCCCCCCCCCCCCCCCCCC. The Bertz CT molecular complexity index is 885. The largest absolute Gasteiger partial charge is 0.394 e. The molecule has 336 valence electrons. The lowest BCUT2D eigenvalue weighted by Gasteiger charge is -2.21. The number of carbonyl (C=O) groups excluding carboxylic acids is 1. The van der Waals surface area contributed by atoms with Crippen LogP contribution in [0.25, 0.3) is 0 Å². The average molecular weight is 802 g/mol. The molecule has 0 aromatic heterocycles. The van der Waals surface area contributed by atoms with Crippen LogP contribution in [-0.4, -0.2) is 46.1 Å². The number of carbonyl (C=O) groups is 1. The third-order valence-electron chi connectivity index (χ3n) is 11.7. The third-order valence-corrected chi connectivity index (χ3v) is 11.7. The van der Waals surface area contributed by atoms with Crippen molar-refractivity contribution in [2.24, 2.45) is 0 Å². The first-order chi connectivity index (χ1) is 28.1. The molecule has 0 spiro atoms. The fourth-order valence-electron chi connectivity index (χ4n) is 7.73. The van der Waals surface area contributed by atoms with Gasteiger partial charge < -0.3 is 20.6 Å². The number of rotatable bonds is 46. The molecule has 0 aliphatic carbocycles. The number of allylic oxidation sites excluding steroid dienone is 5. The molecular weight excluding hydrogens is 703 g/mol. The molecule has 0 saturated heterocycles. The van der Waals surface area contributed by atoms with E-state index in [4.69, 9.17) is 0 Å². The summed E-state index contributed by atoms with van der Waals surface area (Å²) >= 11 is 0. The number of nitrogens with one attached hydrogen (secondary N) is 1. The van der Waals surface area contributed by atoms with Crippen LogP contribution in [0.4, 0.5) is 0 Å². The predicted molar refractivity (Wildman–Crippen MR) is 250 cm³/mol. The van der Waals surface area contributed by atoms with Crippen molar-refractivity contribution in [2.45, 2.75) is 283 Å². The number of unbranched alkanes of at least 4 members (excludes halogenated alkanes) is 34. The molecule has 0 fully saturated rings. The van der Waals surface area contributed by atoms with E-state index in [9.17, 15) is 20.1 Å². The van der Waals surface area contributed by atoms with Crippen LogP contribution in [0.2, 0.25) is 0 Å². The zero-order valence-corrected chi connectivity index (χ0v) is 38.2. The fourth-order valence-corrected chi connectivity index (χ4v) is 7.73. The van der Waals surface area contributed by atoms with Gasteiger partial charge in [0.05, 0.1) is 18.8 Å². The Labute approximate surface area is 355 Å². The Morgan fingerprint density at radius 3 is 1.05 bits per heavy atom. The van der Waals surface area contributed by atoms with Gasteiger partial charge in [0.25, 0.3) is 0 Å². The summed E-state index contributed by atoms with van der Waals surface area (Å²) in [5, 5.41) is 33.1. The van der Waals surface area contributed by atoms with Gasteiger partial charge in [0, 0.05) is 0 Å².